The van der Waals surface area contributed by atoms with E-state index in [1.807, 2.05) is 12.1 Å². The summed E-state index contributed by atoms with van der Waals surface area (Å²) in [6.07, 6.45) is 3.56. The van der Waals surface area contributed by atoms with E-state index in [0.29, 0.717) is 16.9 Å². The molecule has 0 radical (unpaired) electrons. The topological polar surface area (TPSA) is 80.3 Å². The van der Waals surface area contributed by atoms with E-state index in [1.165, 1.54) is 6.20 Å². The summed E-state index contributed by atoms with van der Waals surface area (Å²) in [5.41, 5.74) is 1.45. The number of hydrogen-bond acceptors (Lipinski definition) is 5. The Hall–Kier alpha value is -2.60. The number of nitrogens with zero attached hydrogens (tertiary/aromatic N) is 1. The highest BCUT2D eigenvalue weighted by Crippen LogP contribution is 2.18. The highest BCUT2D eigenvalue weighted by molar-refractivity contribution is 6.32. The summed E-state index contributed by atoms with van der Waals surface area (Å²) in [7, 11) is 0. The van der Waals surface area contributed by atoms with E-state index in [2.05, 4.69) is 22.5 Å². The van der Waals surface area contributed by atoms with Crippen LogP contribution in [0, 0.1) is 0 Å². The summed E-state index contributed by atoms with van der Waals surface area (Å²) in [5.74, 6) is -1.05. The zero-order valence-electron chi connectivity index (χ0n) is 13.9. The Balaban J connectivity index is 1.91. The van der Waals surface area contributed by atoms with E-state index in [1.54, 1.807) is 24.3 Å². The molecule has 132 valence electrons. The minimum absolute atomic E-state index is 0.174. The van der Waals surface area contributed by atoms with E-state index < -0.39 is 18.5 Å². The molecule has 2 N–H and O–H groups in total. The van der Waals surface area contributed by atoms with Crippen LogP contribution in [0.3, 0.4) is 0 Å². The molecule has 2 rings (SSSR count). The number of anilines is 2. The zero-order chi connectivity index (χ0) is 18.1. The number of nitrogens with one attached hydrogen (secondary N) is 2. The molecule has 0 saturated carbocycles. The van der Waals surface area contributed by atoms with Crippen molar-refractivity contribution in [1.82, 2.24) is 4.98 Å². The lowest BCUT2D eigenvalue weighted by Crippen LogP contribution is -2.21. The van der Waals surface area contributed by atoms with Crippen LogP contribution >= 0.6 is 11.6 Å². The fraction of sp³-hybridized carbons (Fsp3) is 0.278. The van der Waals surface area contributed by atoms with Crippen LogP contribution in [0.15, 0.2) is 42.6 Å². The summed E-state index contributed by atoms with van der Waals surface area (Å²) >= 11 is 5.87. The fourth-order valence-electron chi connectivity index (χ4n) is 2.09. The molecule has 0 atom stereocenters. The van der Waals surface area contributed by atoms with Gasteiger partial charge in [-0.2, -0.15) is 0 Å². The lowest BCUT2D eigenvalue weighted by atomic mass is 10.1. The highest BCUT2D eigenvalue weighted by atomic mass is 35.5. The number of benzene rings is 1. The number of carbonyl (C=O) groups is 2. The molecular formula is C18H20ClN3O3. The number of halogens is 1. The number of aromatic nitrogens is 1. The maximum absolute atomic E-state index is 12.2. The van der Waals surface area contributed by atoms with E-state index in [9.17, 15) is 9.59 Å². The minimum atomic E-state index is -0.563. The number of amides is 1. The molecule has 0 aliphatic carbocycles. The van der Waals surface area contributed by atoms with Gasteiger partial charge in [-0.1, -0.05) is 37.1 Å². The van der Waals surface area contributed by atoms with Crippen LogP contribution in [0.25, 0.3) is 0 Å². The third-order valence-electron chi connectivity index (χ3n) is 3.36. The Morgan fingerprint density at radius 1 is 1.16 bits per heavy atom. The Bertz CT molecular complexity index is 737. The molecule has 0 unspecified atom stereocenters. The SMILES string of the molecule is CCCCNc1ccccc1C(=O)OCC(=O)Nc1cccnc1Cl. The first kappa shape index (κ1) is 18.7. The van der Waals surface area contributed by atoms with Gasteiger partial charge in [-0.3, -0.25) is 4.79 Å². The second-order valence-corrected chi connectivity index (χ2v) is 5.65. The first-order valence-electron chi connectivity index (χ1n) is 8.02. The standard InChI is InChI=1S/C18H20ClN3O3/c1-2-3-10-20-14-8-5-4-7-13(14)18(24)25-12-16(23)22-15-9-6-11-21-17(15)19/h4-9,11,20H,2-3,10,12H2,1H3,(H,22,23). The predicted molar refractivity (Wildman–Crippen MR) is 98.0 cm³/mol. The van der Waals surface area contributed by atoms with E-state index in [4.69, 9.17) is 16.3 Å². The van der Waals surface area contributed by atoms with Gasteiger partial charge in [0.05, 0.1) is 11.3 Å². The van der Waals surface area contributed by atoms with Gasteiger partial charge in [-0.15, -0.1) is 0 Å². The largest absolute Gasteiger partial charge is 0.452 e. The zero-order valence-corrected chi connectivity index (χ0v) is 14.7. The molecule has 2 aromatic rings. The van der Waals surface area contributed by atoms with Crippen molar-refractivity contribution >= 4 is 34.9 Å². The van der Waals surface area contributed by atoms with Gasteiger partial charge in [-0.25, -0.2) is 9.78 Å². The van der Waals surface area contributed by atoms with Crippen molar-refractivity contribution in [3.63, 3.8) is 0 Å². The molecule has 0 aliphatic rings. The molecule has 1 heterocycles. The van der Waals surface area contributed by atoms with Gasteiger partial charge in [0.2, 0.25) is 0 Å². The number of para-hydroxylation sites is 1. The predicted octanol–water partition coefficient (Wildman–Crippen LogP) is 3.74. The normalized spacial score (nSPS) is 10.2. The first-order valence-corrected chi connectivity index (χ1v) is 8.40. The molecular weight excluding hydrogens is 342 g/mol. The number of hydrogen-bond donors (Lipinski definition) is 2. The lowest BCUT2D eigenvalue weighted by molar-refractivity contribution is -0.119. The first-order chi connectivity index (χ1) is 12.1. The van der Waals surface area contributed by atoms with Crippen molar-refractivity contribution in [2.24, 2.45) is 0 Å². The van der Waals surface area contributed by atoms with Gasteiger partial charge >= 0.3 is 5.97 Å². The van der Waals surface area contributed by atoms with Crippen LogP contribution in [0.1, 0.15) is 30.1 Å². The third-order valence-corrected chi connectivity index (χ3v) is 3.66. The van der Waals surface area contributed by atoms with Gasteiger partial charge in [0.25, 0.3) is 5.91 Å². The number of rotatable bonds is 8. The molecule has 0 saturated heterocycles. The van der Waals surface area contributed by atoms with Gasteiger partial charge in [-0.05, 0) is 30.7 Å². The maximum atomic E-state index is 12.2. The van der Waals surface area contributed by atoms with Crippen molar-refractivity contribution in [3.05, 3.63) is 53.3 Å². The lowest BCUT2D eigenvalue weighted by Gasteiger charge is -2.11. The maximum Gasteiger partial charge on any atom is 0.340 e. The molecule has 1 aromatic carbocycles. The molecule has 0 fully saturated rings. The summed E-state index contributed by atoms with van der Waals surface area (Å²) < 4.78 is 5.09. The molecule has 1 amide bonds. The number of esters is 1. The van der Waals surface area contributed by atoms with Crippen LogP contribution in [-0.4, -0.2) is 30.0 Å². The molecule has 0 spiro atoms. The van der Waals surface area contributed by atoms with Crippen molar-refractivity contribution in [2.75, 3.05) is 23.8 Å². The van der Waals surface area contributed by atoms with E-state index in [-0.39, 0.29) is 5.15 Å². The Morgan fingerprint density at radius 3 is 2.68 bits per heavy atom. The van der Waals surface area contributed by atoms with Crippen molar-refractivity contribution in [1.29, 1.82) is 0 Å². The van der Waals surface area contributed by atoms with E-state index in [0.717, 1.165) is 19.4 Å². The van der Waals surface area contributed by atoms with Gasteiger partial charge in [0.15, 0.2) is 11.8 Å². The molecule has 25 heavy (non-hydrogen) atoms. The molecule has 6 nitrogen and oxygen atoms in total. The average Bonchev–Trinajstić information content (AvgIpc) is 2.62. The molecule has 0 bridgehead atoms. The summed E-state index contributed by atoms with van der Waals surface area (Å²) in [6, 6.07) is 10.3. The van der Waals surface area contributed by atoms with Crippen molar-refractivity contribution < 1.29 is 14.3 Å². The summed E-state index contributed by atoms with van der Waals surface area (Å²) in [4.78, 5) is 28.0. The number of ether oxygens (including phenoxy) is 1. The highest BCUT2D eigenvalue weighted by Gasteiger charge is 2.14. The van der Waals surface area contributed by atoms with Crippen LogP contribution in [0.4, 0.5) is 11.4 Å². The van der Waals surface area contributed by atoms with Gasteiger partial charge in [0, 0.05) is 18.4 Å². The van der Waals surface area contributed by atoms with Crippen LogP contribution in [0.5, 0.6) is 0 Å². The monoisotopic (exact) mass is 361 g/mol. The number of unbranched alkanes of at least 4 members (excludes halogenated alkanes) is 1. The van der Waals surface area contributed by atoms with Crippen LogP contribution < -0.4 is 10.6 Å². The third kappa shape index (κ3) is 5.76. The molecule has 0 aliphatic heterocycles. The smallest absolute Gasteiger partial charge is 0.340 e. The summed E-state index contributed by atoms with van der Waals surface area (Å²) in [5, 5.41) is 5.92. The average molecular weight is 362 g/mol. The summed E-state index contributed by atoms with van der Waals surface area (Å²) in [6.45, 7) is 2.45. The molecule has 1 aromatic heterocycles. The van der Waals surface area contributed by atoms with E-state index >= 15 is 0 Å². The second kappa shape index (κ2) is 9.64. The fourth-order valence-corrected chi connectivity index (χ4v) is 2.26. The second-order valence-electron chi connectivity index (χ2n) is 5.29. The Labute approximate surface area is 151 Å². The van der Waals surface area contributed by atoms with Crippen molar-refractivity contribution in [2.45, 2.75) is 19.8 Å². The minimum Gasteiger partial charge on any atom is -0.452 e. The quantitative estimate of drug-likeness (QED) is 0.425. The number of pyridine rings is 1. The number of carbonyl (C=O) groups excluding carboxylic acids is 2. The Kier molecular flexibility index (Phi) is 7.22. The van der Waals surface area contributed by atoms with Crippen LogP contribution in [0.2, 0.25) is 5.15 Å². The van der Waals surface area contributed by atoms with Gasteiger partial charge in [0.1, 0.15) is 0 Å². The van der Waals surface area contributed by atoms with Gasteiger partial charge < -0.3 is 15.4 Å². The Morgan fingerprint density at radius 2 is 1.92 bits per heavy atom. The molecule has 7 heteroatoms. The van der Waals surface area contributed by atoms with Crippen molar-refractivity contribution in [3.8, 4) is 0 Å². The van der Waals surface area contributed by atoms with Crippen LogP contribution in [-0.2, 0) is 9.53 Å².